The number of nitrogens with zero attached hydrogens (tertiary/aromatic N) is 2. The minimum absolute atomic E-state index is 0.00768. The molecule has 0 saturated carbocycles. The van der Waals surface area contributed by atoms with Gasteiger partial charge in [-0.1, -0.05) is 25.8 Å². The summed E-state index contributed by atoms with van der Waals surface area (Å²) in [6.07, 6.45) is 5.22. The third kappa shape index (κ3) is 3.95. The second-order valence-corrected chi connectivity index (χ2v) is 6.81. The van der Waals surface area contributed by atoms with Crippen LogP contribution in [0.5, 0.6) is 5.75 Å². The topological polar surface area (TPSA) is 75.9 Å². The lowest BCUT2D eigenvalue weighted by atomic mass is 10.0. The largest absolute Gasteiger partial charge is 0.482 e. The maximum absolute atomic E-state index is 12.7. The Morgan fingerprint density at radius 3 is 2.64 bits per heavy atom. The molecular formula is C19H27N3O3. The van der Waals surface area contributed by atoms with Gasteiger partial charge in [-0.2, -0.15) is 0 Å². The van der Waals surface area contributed by atoms with Gasteiger partial charge in [-0.3, -0.25) is 14.5 Å². The molecule has 1 saturated heterocycles. The van der Waals surface area contributed by atoms with E-state index in [2.05, 4.69) is 0 Å². The van der Waals surface area contributed by atoms with Crippen LogP contribution < -0.4 is 15.4 Å². The van der Waals surface area contributed by atoms with Gasteiger partial charge in [0.25, 0.3) is 5.91 Å². The lowest BCUT2D eigenvalue weighted by molar-refractivity contribution is -0.132. The van der Waals surface area contributed by atoms with Crippen molar-refractivity contribution in [3.05, 3.63) is 23.8 Å². The van der Waals surface area contributed by atoms with Crippen molar-refractivity contribution >= 4 is 17.5 Å². The van der Waals surface area contributed by atoms with Crippen molar-refractivity contribution in [1.82, 2.24) is 4.90 Å². The molecule has 136 valence electrons. The third-order valence-corrected chi connectivity index (χ3v) is 5.05. The van der Waals surface area contributed by atoms with E-state index in [1.165, 1.54) is 12.8 Å². The van der Waals surface area contributed by atoms with Gasteiger partial charge in [-0.15, -0.1) is 0 Å². The van der Waals surface area contributed by atoms with Gasteiger partial charge in [-0.25, -0.2) is 0 Å². The van der Waals surface area contributed by atoms with Crippen LogP contribution in [0.2, 0.25) is 0 Å². The Labute approximate surface area is 148 Å². The molecule has 6 heteroatoms. The van der Waals surface area contributed by atoms with Gasteiger partial charge >= 0.3 is 0 Å². The van der Waals surface area contributed by atoms with Crippen molar-refractivity contribution in [3.63, 3.8) is 0 Å². The molecule has 25 heavy (non-hydrogen) atoms. The Bertz CT molecular complexity index is 639. The summed E-state index contributed by atoms with van der Waals surface area (Å²) in [5.41, 5.74) is 7.73. The molecule has 1 fully saturated rings. The Kier molecular flexibility index (Phi) is 5.58. The number of ether oxygens (including phenoxy) is 1. The second-order valence-electron chi connectivity index (χ2n) is 6.81. The van der Waals surface area contributed by atoms with E-state index in [1.54, 1.807) is 4.90 Å². The molecule has 2 aliphatic rings. The summed E-state index contributed by atoms with van der Waals surface area (Å²) in [5, 5.41) is 0. The molecule has 0 aliphatic carbocycles. The summed E-state index contributed by atoms with van der Waals surface area (Å²) in [5.74, 6) is 0.460. The van der Waals surface area contributed by atoms with Gasteiger partial charge in [0, 0.05) is 19.1 Å². The predicted octanol–water partition coefficient (Wildman–Crippen LogP) is 2.22. The number of hydrogen-bond donors (Lipinski definition) is 1. The quantitative estimate of drug-likeness (QED) is 0.908. The number of hydrogen-bond acceptors (Lipinski definition) is 4. The van der Waals surface area contributed by atoms with Crippen LogP contribution in [-0.4, -0.2) is 43.0 Å². The van der Waals surface area contributed by atoms with Crippen LogP contribution in [0.15, 0.2) is 18.2 Å². The van der Waals surface area contributed by atoms with E-state index in [-0.39, 0.29) is 31.0 Å². The van der Waals surface area contributed by atoms with Crippen molar-refractivity contribution in [2.24, 2.45) is 5.73 Å². The molecule has 0 radical (unpaired) electrons. The minimum atomic E-state index is -0.183. The first-order valence-electron chi connectivity index (χ1n) is 9.20. The molecule has 0 aromatic heterocycles. The number of likely N-dealkylation sites (tertiary alicyclic amines) is 1. The van der Waals surface area contributed by atoms with Crippen LogP contribution in [0.25, 0.3) is 0 Å². The molecular weight excluding hydrogens is 318 g/mol. The molecule has 3 rings (SSSR count). The highest BCUT2D eigenvalue weighted by Crippen LogP contribution is 2.34. The number of fused-ring (bicyclic) bond motifs is 1. The first-order valence-corrected chi connectivity index (χ1v) is 9.20. The summed E-state index contributed by atoms with van der Waals surface area (Å²) in [7, 11) is 0. The second kappa shape index (κ2) is 7.87. The molecule has 0 bridgehead atoms. The van der Waals surface area contributed by atoms with Gasteiger partial charge in [0.05, 0.1) is 5.69 Å². The van der Waals surface area contributed by atoms with E-state index < -0.39 is 0 Å². The van der Waals surface area contributed by atoms with E-state index in [9.17, 15) is 9.59 Å². The van der Waals surface area contributed by atoms with Crippen molar-refractivity contribution in [2.45, 2.75) is 45.1 Å². The van der Waals surface area contributed by atoms with Gasteiger partial charge in [0.2, 0.25) is 5.91 Å². The number of rotatable bonds is 4. The zero-order valence-corrected chi connectivity index (χ0v) is 14.9. The lowest BCUT2D eigenvalue weighted by Gasteiger charge is -2.31. The van der Waals surface area contributed by atoms with Crippen molar-refractivity contribution < 1.29 is 14.3 Å². The van der Waals surface area contributed by atoms with Crippen LogP contribution >= 0.6 is 0 Å². The zero-order valence-electron chi connectivity index (χ0n) is 14.9. The van der Waals surface area contributed by atoms with Crippen LogP contribution in [0.1, 0.15) is 50.6 Å². The summed E-state index contributed by atoms with van der Waals surface area (Å²) in [4.78, 5) is 28.5. The third-order valence-electron chi connectivity index (χ3n) is 5.05. The van der Waals surface area contributed by atoms with Gasteiger partial charge < -0.3 is 15.4 Å². The number of carbonyl (C=O) groups is 2. The van der Waals surface area contributed by atoms with Crippen molar-refractivity contribution in [2.75, 3.05) is 31.1 Å². The number of anilines is 1. The average Bonchev–Trinajstić information content (AvgIpc) is 2.92. The van der Waals surface area contributed by atoms with Crippen LogP contribution in [0.4, 0.5) is 5.69 Å². The molecule has 2 amide bonds. The van der Waals surface area contributed by atoms with Crippen molar-refractivity contribution in [1.29, 1.82) is 0 Å². The van der Waals surface area contributed by atoms with Gasteiger partial charge in [-0.05, 0) is 37.0 Å². The van der Waals surface area contributed by atoms with Crippen LogP contribution in [0, 0.1) is 0 Å². The van der Waals surface area contributed by atoms with E-state index in [4.69, 9.17) is 10.5 Å². The lowest BCUT2D eigenvalue weighted by Crippen LogP contribution is -2.46. The first kappa shape index (κ1) is 17.7. The normalized spacial score (nSPS) is 19.0. The molecule has 2 aliphatic heterocycles. The van der Waals surface area contributed by atoms with E-state index in [0.29, 0.717) is 11.4 Å². The van der Waals surface area contributed by atoms with Crippen LogP contribution in [-0.2, 0) is 9.59 Å². The molecule has 1 atom stereocenters. The summed E-state index contributed by atoms with van der Waals surface area (Å²) in [6, 6.07) is 5.56. The molecule has 0 spiro atoms. The minimum Gasteiger partial charge on any atom is -0.482 e. The summed E-state index contributed by atoms with van der Waals surface area (Å²) >= 11 is 0. The highest BCUT2D eigenvalue weighted by Gasteiger charge is 2.29. The maximum atomic E-state index is 12.7. The maximum Gasteiger partial charge on any atom is 0.265 e. The molecule has 2 N–H and O–H groups in total. The summed E-state index contributed by atoms with van der Waals surface area (Å²) < 4.78 is 5.52. The standard InChI is InChI=1S/C19H27N3O3/c1-2-15(20)14-7-8-17-16(11-14)22(19(24)13-25-17)12-18(23)21-9-5-3-4-6-10-21/h7-8,11,15H,2-6,9-10,12-13,20H2,1H3. The highest BCUT2D eigenvalue weighted by atomic mass is 16.5. The monoisotopic (exact) mass is 345 g/mol. The van der Waals surface area contributed by atoms with Gasteiger partial charge in [0.1, 0.15) is 12.3 Å². The van der Waals surface area contributed by atoms with Crippen molar-refractivity contribution in [3.8, 4) is 5.75 Å². The van der Waals surface area contributed by atoms with E-state index >= 15 is 0 Å². The Morgan fingerprint density at radius 1 is 1.24 bits per heavy atom. The molecule has 6 nitrogen and oxygen atoms in total. The Hall–Kier alpha value is -2.08. The molecule has 1 unspecified atom stereocenters. The number of benzene rings is 1. The first-order chi connectivity index (χ1) is 12.1. The predicted molar refractivity (Wildman–Crippen MR) is 96.6 cm³/mol. The fourth-order valence-electron chi connectivity index (χ4n) is 3.41. The number of nitrogens with two attached hydrogens (primary N) is 1. The molecule has 1 aromatic carbocycles. The SMILES string of the molecule is CCC(N)c1ccc2c(c1)N(CC(=O)N1CCCCCC1)C(=O)CO2. The zero-order chi connectivity index (χ0) is 17.8. The fourth-order valence-corrected chi connectivity index (χ4v) is 3.41. The summed E-state index contributed by atoms with van der Waals surface area (Å²) in [6.45, 7) is 3.63. The Balaban J connectivity index is 1.81. The fraction of sp³-hybridized carbons (Fsp3) is 0.579. The number of carbonyl (C=O) groups excluding carboxylic acids is 2. The van der Waals surface area contributed by atoms with Crippen LogP contribution in [0.3, 0.4) is 0 Å². The highest BCUT2D eigenvalue weighted by molar-refractivity contribution is 6.02. The average molecular weight is 345 g/mol. The smallest absolute Gasteiger partial charge is 0.265 e. The van der Waals surface area contributed by atoms with E-state index in [0.717, 1.165) is 37.9 Å². The Morgan fingerprint density at radius 2 is 1.96 bits per heavy atom. The molecule has 2 heterocycles. The molecule has 1 aromatic rings. The van der Waals surface area contributed by atoms with E-state index in [1.807, 2.05) is 30.0 Å². The number of amides is 2. The van der Waals surface area contributed by atoms with Gasteiger partial charge in [0.15, 0.2) is 6.61 Å².